The fourth-order valence-electron chi connectivity index (χ4n) is 1.06. The maximum Gasteiger partial charge on any atom is 0.0772 e. The molecule has 0 fully saturated rings. The molecule has 68 valence electrons. The highest BCUT2D eigenvalue weighted by atomic mass is 32.1. The first-order chi connectivity index (χ1) is 5.66. The molecule has 0 aromatic carbocycles. The zero-order valence-electron chi connectivity index (χ0n) is 7.74. The average Bonchev–Trinajstić information content (AvgIpc) is 2.48. The summed E-state index contributed by atoms with van der Waals surface area (Å²) in [4.78, 5) is 1.13. The van der Waals surface area contributed by atoms with Crippen molar-refractivity contribution in [3.63, 3.8) is 0 Å². The highest BCUT2D eigenvalue weighted by molar-refractivity contribution is 7.05. The summed E-state index contributed by atoms with van der Waals surface area (Å²) in [5.41, 5.74) is 7.00. The lowest BCUT2D eigenvalue weighted by atomic mass is 9.98. The van der Waals surface area contributed by atoms with E-state index in [4.69, 9.17) is 5.73 Å². The SMILES string of the molecule is CCC(C)C(N)c1snnc1C. The van der Waals surface area contributed by atoms with Crippen LogP contribution in [0.3, 0.4) is 0 Å². The molecule has 0 bridgehead atoms. The molecule has 0 saturated heterocycles. The van der Waals surface area contributed by atoms with E-state index in [-0.39, 0.29) is 6.04 Å². The summed E-state index contributed by atoms with van der Waals surface area (Å²) in [5, 5.41) is 3.94. The van der Waals surface area contributed by atoms with E-state index in [9.17, 15) is 0 Å². The molecule has 0 amide bonds. The van der Waals surface area contributed by atoms with Gasteiger partial charge in [0.2, 0.25) is 0 Å². The van der Waals surface area contributed by atoms with Crippen LogP contribution in [0.25, 0.3) is 0 Å². The van der Waals surface area contributed by atoms with Crippen LogP contribution in [-0.4, -0.2) is 9.59 Å². The Kier molecular flexibility index (Phi) is 3.17. The van der Waals surface area contributed by atoms with E-state index in [2.05, 4.69) is 23.4 Å². The highest BCUT2D eigenvalue weighted by Crippen LogP contribution is 2.25. The van der Waals surface area contributed by atoms with Crippen LogP contribution in [0.2, 0.25) is 0 Å². The van der Waals surface area contributed by atoms with Crippen LogP contribution in [0.5, 0.6) is 0 Å². The van der Waals surface area contributed by atoms with E-state index < -0.39 is 0 Å². The van der Waals surface area contributed by atoms with E-state index in [1.807, 2.05) is 6.92 Å². The molecule has 0 aliphatic rings. The van der Waals surface area contributed by atoms with Crippen molar-refractivity contribution in [1.29, 1.82) is 0 Å². The van der Waals surface area contributed by atoms with Crippen molar-refractivity contribution < 1.29 is 0 Å². The molecular weight excluding hydrogens is 170 g/mol. The van der Waals surface area contributed by atoms with Crippen LogP contribution in [-0.2, 0) is 0 Å². The van der Waals surface area contributed by atoms with Crippen molar-refractivity contribution in [3.05, 3.63) is 10.6 Å². The van der Waals surface area contributed by atoms with E-state index >= 15 is 0 Å². The third kappa shape index (κ3) is 1.81. The molecule has 0 spiro atoms. The molecular formula is C8H15N3S. The predicted molar refractivity (Wildman–Crippen MR) is 51.0 cm³/mol. The van der Waals surface area contributed by atoms with Gasteiger partial charge in [0, 0.05) is 6.04 Å². The maximum absolute atomic E-state index is 6.02. The van der Waals surface area contributed by atoms with Crippen LogP contribution in [0.1, 0.15) is 36.9 Å². The van der Waals surface area contributed by atoms with Gasteiger partial charge in [-0.3, -0.25) is 0 Å². The van der Waals surface area contributed by atoms with E-state index in [1.165, 1.54) is 11.5 Å². The lowest BCUT2D eigenvalue weighted by Crippen LogP contribution is -2.18. The monoisotopic (exact) mass is 185 g/mol. The maximum atomic E-state index is 6.02. The molecule has 1 rings (SSSR count). The third-order valence-electron chi connectivity index (χ3n) is 2.25. The smallest absolute Gasteiger partial charge is 0.0772 e. The van der Waals surface area contributed by atoms with Gasteiger partial charge in [0.05, 0.1) is 10.6 Å². The topological polar surface area (TPSA) is 51.8 Å². The zero-order valence-corrected chi connectivity index (χ0v) is 8.56. The summed E-state index contributed by atoms with van der Waals surface area (Å²) in [6, 6.07) is 0.106. The number of rotatable bonds is 3. The van der Waals surface area contributed by atoms with Crippen molar-refractivity contribution in [2.45, 2.75) is 33.2 Å². The number of aryl methyl sites for hydroxylation is 1. The molecule has 0 aliphatic heterocycles. The van der Waals surface area contributed by atoms with Crippen molar-refractivity contribution in [1.82, 2.24) is 9.59 Å². The van der Waals surface area contributed by atoms with Gasteiger partial charge in [-0.25, -0.2) is 0 Å². The summed E-state index contributed by atoms with van der Waals surface area (Å²) < 4.78 is 3.87. The van der Waals surface area contributed by atoms with Gasteiger partial charge in [-0.15, -0.1) is 5.10 Å². The largest absolute Gasteiger partial charge is 0.323 e. The lowest BCUT2D eigenvalue weighted by Gasteiger charge is -2.16. The van der Waals surface area contributed by atoms with Crippen molar-refractivity contribution >= 4 is 11.5 Å². The van der Waals surface area contributed by atoms with Gasteiger partial charge in [-0.05, 0) is 24.4 Å². The molecule has 4 heteroatoms. The second kappa shape index (κ2) is 3.96. The predicted octanol–water partition coefficient (Wildman–Crippen LogP) is 1.89. The van der Waals surface area contributed by atoms with Crippen LogP contribution in [0.4, 0.5) is 0 Å². The summed E-state index contributed by atoms with van der Waals surface area (Å²) >= 11 is 1.42. The fraction of sp³-hybridized carbons (Fsp3) is 0.750. The Morgan fingerprint density at radius 1 is 1.58 bits per heavy atom. The van der Waals surface area contributed by atoms with E-state index in [1.54, 1.807) is 0 Å². The Hall–Kier alpha value is -0.480. The fourth-order valence-corrected chi connectivity index (χ4v) is 1.83. The Labute approximate surface area is 77.2 Å². The Bertz CT molecular complexity index is 246. The first-order valence-electron chi connectivity index (χ1n) is 4.21. The van der Waals surface area contributed by atoms with Crippen LogP contribution < -0.4 is 5.73 Å². The average molecular weight is 185 g/mol. The number of nitrogens with two attached hydrogens (primary N) is 1. The molecule has 2 atom stereocenters. The molecule has 2 unspecified atom stereocenters. The van der Waals surface area contributed by atoms with Gasteiger partial charge >= 0.3 is 0 Å². The first kappa shape index (κ1) is 9.61. The molecule has 12 heavy (non-hydrogen) atoms. The Balaban J connectivity index is 2.77. The number of hydrogen-bond donors (Lipinski definition) is 1. The Morgan fingerprint density at radius 3 is 2.67 bits per heavy atom. The molecule has 0 saturated carbocycles. The molecule has 0 radical (unpaired) electrons. The van der Waals surface area contributed by atoms with Gasteiger partial charge in [0.25, 0.3) is 0 Å². The normalized spacial score (nSPS) is 16.0. The van der Waals surface area contributed by atoms with Crippen molar-refractivity contribution in [2.24, 2.45) is 11.7 Å². The van der Waals surface area contributed by atoms with E-state index in [0.717, 1.165) is 17.0 Å². The quantitative estimate of drug-likeness (QED) is 0.782. The van der Waals surface area contributed by atoms with Crippen LogP contribution >= 0.6 is 11.5 Å². The molecule has 1 aromatic rings. The standard InChI is InChI=1S/C8H15N3S/c1-4-5(2)7(9)8-6(3)10-11-12-8/h5,7H,4,9H2,1-3H3. The number of nitrogens with zero attached hydrogens (tertiary/aromatic N) is 2. The lowest BCUT2D eigenvalue weighted by molar-refractivity contribution is 0.460. The molecule has 0 aliphatic carbocycles. The second-order valence-corrected chi connectivity index (χ2v) is 3.92. The Morgan fingerprint density at radius 2 is 2.25 bits per heavy atom. The molecule has 3 nitrogen and oxygen atoms in total. The minimum atomic E-state index is 0.106. The minimum absolute atomic E-state index is 0.106. The molecule has 2 N–H and O–H groups in total. The van der Waals surface area contributed by atoms with Gasteiger partial charge in [0.1, 0.15) is 0 Å². The minimum Gasteiger partial charge on any atom is -0.323 e. The highest BCUT2D eigenvalue weighted by Gasteiger charge is 2.17. The summed E-state index contributed by atoms with van der Waals surface area (Å²) in [6.07, 6.45) is 1.10. The van der Waals surface area contributed by atoms with Crippen molar-refractivity contribution in [3.8, 4) is 0 Å². The van der Waals surface area contributed by atoms with Gasteiger partial charge in [0.15, 0.2) is 0 Å². The van der Waals surface area contributed by atoms with Crippen molar-refractivity contribution in [2.75, 3.05) is 0 Å². The molecule has 1 aromatic heterocycles. The molecule has 1 heterocycles. The van der Waals surface area contributed by atoms with Gasteiger partial charge in [-0.1, -0.05) is 24.8 Å². The number of aromatic nitrogens is 2. The van der Waals surface area contributed by atoms with Crippen LogP contribution in [0.15, 0.2) is 0 Å². The summed E-state index contributed by atoms with van der Waals surface area (Å²) in [6.45, 7) is 6.26. The van der Waals surface area contributed by atoms with Gasteiger partial charge < -0.3 is 5.73 Å². The number of hydrogen-bond acceptors (Lipinski definition) is 4. The second-order valence-electron chi connectivity index (χ2n) is 3.13. The zero-order chi connectivity index (χ0) is 9.14. The summed E-state index contributed by atoms with van der Waals surface area (Å²) in [7, 11) is 0. The third-order valence-corrected chi connectivity index (χ3v) is 3.17. The summed E-state index contributed by atoms with van der Waals surface area (Å²) in [5.74, 6) is 0.506. The first-order valence-corrected chi connectivity index (χ1v) is 4.98. The van der Waals surface area contributed by atoms with Crippen LogP contribution in [0, 0.1) is 12.8 Å². The van der Waals surface area contributed by atoms with Gasteiger partial charge in [-0.2, -0.15) is 0 Å². The van der Waals surface area contributed by atoms with E-state index in [0.29, 0.717) is 5.92 Å².